The standard InChI is InChI=1S/C11H15NS2/c1-11(2,3)10(12)9-6-8-7(14-9)4-5-13-8/h4-6,10H,12H2,1-3H3. The fraction of sp³-hybridized carbons (Fsp3) is 0.455. The van der Waals surface area contributed by atoms with Gasteiger partial charge in [-0.3, -0.25) is 0 Å². The van der Waals surface area contributed by atoms with Crippen LogP contribution in [-0.4, -0.2) is 0 Å². The van der Waals surface area contributed by atoms with Gasteiger partial charge < -0.3 is 5.73 Å². The second kappa shape index (κ2) is 3.33. The van der Waals surface area contributed by atoms with Gasteiger partial charge in [0.1, 0.15) is 0 Å². The van der Waals surface area contributed by atoms with E-state index >= 15 is 0 Å². The molecule has 2 N–H and O–H groups in total. The first-order chi connectivity index (χ1) is 6.48. The van der Waals surface area contributed by atoms with E-state index in [4.69, 9.17) is 5.73 Å². The molecule has 1 unspecified atom stereocenters. The van der Waals surface area contributed by atoms with Gasteiger partial charge in [0.25, 0.3) is 0 Å². The Morgan fingerprint density at radius 1 is 1.29 bits per heavy atom. The number of rotatable bonds is 1. The van der Waals surface area contributed by atoms with Crippen LogP contribution in [0.25, 0.3) is 9.40 Å². The third kappa shape index (κ3) is 1.72. The van der Waals surface area contributed by atoms with Crippen molar-refractivity contribution in [3.05, 3.63) is 22.4 Å². The van der Waals surface area contributed by atoms with E-state index in [-0.39, 0.29) is 11.5 Å². The van der Waals surface area contributed by atoms with Crippen LogP contribution in [0.15, 0.2) is 17.5 Å². The second-order valence-corrected chi connectivity index (χ2v) is 6.70. The molecule has 76 valence electrons. The molecule has 0 bridgehead atoms. The van der Waals surface area contributed by atoms with Crippen molar-refractivity contribution >= 4 is 32.1 Å². The van der Waals surface area contributed by atoms with Crippen molar-refractivity contribution in [2.24, 2.45) is 11.1 Å². The van der Waals surface area contributed by atoms with E-state index in [2.05, 4.69) is 38.3 Å². The average Bonchev–Trinajstić information content (AvgIpc) is 2.58. The maximum Gasteiger partial charge on any atom is 0.0454 e. The van der Waals surface area contributed by atoms with Crippen LogP contribution in [0.5, 0.6) is 0 Å². The smallest absolute Gasteiger partial charge is 0.0454 e. The third-order valence-corrected chi connectivity index (χ3v) is 4.57. The molecule has 2 heterocycles. The first-order valence-electron chi connectivity index (χ1n) is 4.71. The lowest BCUT2D eigenvalue weighted by Gasteiger charge is -2.25. The summed E-state index contributed by atoms with van der Waals surface area (Å²) < 4.78 is 2.73. The largest absolute Gasteiger partial charge is 0.323 e. The predicted octanol–water partition coefficient (Wildman–Crippen LogP) is 4.01. The van der Waals surface area contributed by atoms with Crippen molar-refractivity contribution in [3.63, 3.8) is 0 Å². The molecule has 2 rings (SSSR count). The van der Waals surface area contributed by atoms with E-state index < -0.39 is 0 Å². The van der Waals surface area contributed by atoms with Gasteiger partial charge in [0, 0.05) is 20.3 Å². The van der Waals surface area contributed by atoms with Crippen LogP contribution in [0.3, 0.4) is 0 Å². The van der Waals surface area contributed by atoms with Crippen LogP contribution in [0.2, 0.25) is 0 Å². The molecule has 0 aromatic carbocycles. The Hall–Kier alpha value is -0.380. The van der Waals surface area contributed by atoms with Crippen LogP contribution in [-0.2, 0) is 0 Å². The maximum atomic E-state index is 6.21. The number of thiophene rings is 2. The Balaban J connectivity index is 2.40. The molecule has 2 aromatic heterocycles. The zero-order valence-electron chi connectivity index (χ0n) is 8.70. The van der Waals surface area contributed by atoms with Crippen LogP contribution >= 0.6 is 22.7 Å². The molecule has 2 aromatic rings. The van der Waals surface area contributed by atoms with Crippen LogP contribution in [0.1, 0.15) is 31.7 Å². The predicted molar refractivity (Wildman–Crippen MR) is 66.1 cm³/mol. The molecular formula is C11H15NS2. The topological polar surface area (TPSA) is 26.0 Å². The summed E-state index contributed by atoms with van der Waals surface area (Å²) in [5.74, 6) is 0. The van der Waals surface area contributed by atoms with E-state index in [0.29, 0.717) is 0 Å². The highest BCUT2D eigenvalue weighted by Crippen LogP contribution is 2.38. The lowest BCUT2D eigenvalue weighted by Crippen LogP contribution is -2.25. The molecule has 1 atom stereocenters. The molecule has 0 spiro atoms. The minimum atomic E-state index is 0.145. The van der Waals surface area contributed by atoms with Gasteiger partial charge in [0.05, 0.1) is 0 Å². The highest BCUT2D eigenvalue weighted by atomic mass is 32.1. The average molecular weight is 225 g/mol. The Bertz CT molecular complexity index is 405. The fourth-order valence-corrected chi connectivity index (χ4v) is 3.73. The lowest BCUT2D eigenvalue weighted by atomic mass is 9.87. The van der Waals surface area contributed by atoms with Crippen molar-refractivity contribution in [2.45, 2.75) is 26.8 Å². The molecule has 0 saturated heterocycles. The first kappa shape index (κ1) is 10.1. The number of hydrogen-bond acceptors (Lipinski definition) is 3. The first-order valence-corrected chi connectivity index (χ1v) is 6.40. The molecule has 14 heavy (non-hydrogen) atoms. The SMILES string of the molecule is CC(C)(C)C(N)c1cc2sccc2s1. The third-order valence-electron chi connectivity index (χ3n) is 2.40. The van der Waals surface area contributed by atoms with E-state index in [1.54, 1.807) is 11.3 Å². The maximum absolute atomic E-state index is 6.21. The summed E-state index contributed by atoms with van der Waals surface area (Å²) in [5, 5.41) is 2.13. The molecule has 0 aliphatic carbocycles. The normalized spacial score (nSPS) is 14.9. The Kier molecular flexibility index (Phi) is 2.41. The Morgan fingerprint density at radius 2 is 2.00 bits per heavy atom. The van der Waals surface area contributed by atoms with Gasteiger partial charge in [-0.05, 0) is 22.9 Å². The van der Waals surface area contributed by atoms with Gasteiger partial charge in [0.15, 0.2) is 0 Å². The molecular weight excluding hydrogens is 210 g/mol. The van der Waals surface area contributed by atoms with Crippen molar-refractivity contribution in [1.29, 1.82) is 0 Å². The van der Waals surface area contributed by atoms with Crippen LogP contribution in [0.4, 0.5) is 0 Å². The molecule has 3 heteroatoms. The van der Waals surface area contributed by atoms with Crippen LogP contribution in [0, 0.1) is 5.41 Å². The lowest BCUT2D eigenvalue weighted by molar-refractivity contribution is 0.331. The zero-order chi connectivity index (χ0) is 10.3. The van der Waals surface area contributed by atoms with E-state index in [0.717, 1.165) is 0 Å². The molecule has 0 amide bonds. The molecule has 0 saturated carbocycles. The Labute approximate surface area is 92.6 Å². The Morgan fingerprint density at radius 3 is 2.57 bits per heavy atom. The molecule has 1 nitrogen and oxygen atoms in total. The quantitative estimate of drug-likeness (QED) is 0.779. The van der Waals surface area contributed by atoms with E-state index in [1.165, 1.54) is 14.3 Å². The second-order valence-electron chi connectivity index (χ2n) is 4.64. The highest BCUT2D eigenvalue weighted by Gasteiger charge is 2.23. The molecule has 0 aliphatic heterocycles. The summed E-state index contributed by atoms with van der Waals surface area (Å²) in [4.78, 5) is 1.30. The van der Waals surface area contributed by atoms with Crippen molar-refractivity contribution in [2.75, 3.05) is 0 Å². The fourth-order valence-electron chi connectivity index (χ4n) is 1.36. The van der Waals surface area contributed by atoms with Crippen LogP contribution < -0.4 is 5.73 Å². The molecule has 0 aliphatic rings. The number of hydrogen-bond donors (Lipinski definition) is 1. The summed E-state index contributed by atoms with van der Waals surface area (Å²) in [5.41, 5.74) is 6.36. The van der Waals surface area contributed by atoms with Gasteiger partial charge in [0.2, 0.25) is 0 Å². The van der Waals surface area contributed by atoms with Crippen molar-refractivity contribution in [3.8, 4) is 0 Å². The number of nitrogens with two attached hydrogens (primary N) is 1. The van der Waals surface area contributed by atoms with Gasteiger partial charge in [-0.25, -0.2) is 0 Å². The summed E-state index contributed by atoms with van der Waals surface area (Å²) in [6, 6.07) is 4.55. The zero-order valence-corrected chi connectivity index (χ0v) is 10.3. The van der Waals surface area contributed by atoms with E-state index in [9.17, 15) is 0 Å². The van der Waals surface area contributed by atoms with Gasteiger partial charge in [-0.2, -0.15) is 0 Å². The van der Waals surface area contributed by atoms with Crippen molar-refractivity contribution in [1.82, 2.24) is 0 Å². The summed E-state index contributed by atoms with van der Waals surface area (Å²) in [7, 11) is 0. The van der Waals surface area contributed by atoms with Gasteiger partial charge in [-0.15, -0.1) is 22.7 Å². The van der Waals surface area contributed by atoms with Gasteiger partial charge >= 0.3 is 0 Å². The van der Waals surface area contributed by atoms with E-state index in [1.807, 2.05) is 11.3 Å². The summed E-state index contributed by atoms with van der Waals surface area (Å²) in [6.45, 7) is 6.56. The van der Waals surface area contributed by atoms with Crippen molar-refractivity contribution < 1.29 is 0 Å². The minimum absolute atomic E-state index is 0.145. The van der Waals surface area contributed by atoms with Gasteiger partial charge in [-0.1, -0.05) is 20.8 Å². The minimum Gasteiger partial charge on any atom is -0.323 e. The summed E-state index contributed by atoms with van der Waals surface area (Å²) in [6.07, 6.45) is 0. The molecule has 0 fully saturated rings. The molecule has 0 radical (unpaired) electrons. The monoisotopic (exact) mass is 225 g/mol. The number of fused-ring (bicyclic) bond motifs is 1. The summed E-state index contributed by atoms with van der Waals surface area (Å²) >= 11 is 3.62. The highest BCUT2D eigenvalue weighted by molar-refractivity contribution is 7.26.